The van der Waals surface area contributed by atoms with Crippen LogP contribution in [0, 0.1) is 24.8 Å². The molecule has 1 aliphatic carbocycles. The number of aromatic nitrogens is 2. The van der Waals surface area contributed by atoms with Crippen LogP contribution in [0.25, 0.3) is 32.8 Å². The molecule has 1 radical (unpaired) electrons. The van der Waals surface area contributed by atoms with Crippen LogP contribution < -0.4 is 0 Å². The van der Waals surface area contributed by atoms with Crippen LogP contribution in [0.4, 0.5) is 0 Å². The van der Waals surface area contributed by atoms with E-state index in [4.69, 9.17) is 9.97 Å². The molecule has 2 heterocycles. The zero-order chi connectivity index (χ0) is 28.3. The molecule has 213 valence electrons. The second kappa shape index (κ2) is 13.2. The number of carbonyl (C=O) groups excluding carboxylic acids is 1. The van der Waals surface area contributed by atoms with Gasteiger partial charge in [0.05, 0.1) is 5.76 Å². The number of nitrogens with zero attached hydrogens (tertiary/aromatic N) is 2. The normalized spacial score (nSPS) is 13.6. The van der Waals surface area contributed by atoms with Crippen LogP contribution in [0.1, 0.15) is 84.2 Å². The second-order valence-corrected chi connectivity index (χ2v) is 11.1. The first-order valence-electron chi connectivity index (χ1n) is 14.3. The van der Waals surface area contributed by atoms with E-state index in [1.165, 1.54) is 27.8 Å². The minimum atomic E-state index is -0.170. The minimum absolute atomic E-state index is 0. The van der Waals surface area contributed by atoms with Crippen molar-refractivity contribution in [2.75, 3.05) is 0 Å². The van der Waals surface area contributed by atoms with E-state index in [1.807, 2.05) is 33.9 Å². The SMILES string of the molecule is CCC(CC)C(=O)/C=C(\O)C(CC)CC.Cc1cc2ccnc3c2c(n1)C(C)(C)c1cc2ccccc2[c-]c1-3.[Ir]. The van der Waals surface area contributed by atoms with Crippen molar-refractivity contribution in [2.24, 2.45) is 11.8 Å². The van der Waals surface area contributed by atoms with Gasteiger partial charge in [-0.25, -0.2) is 0 Å². The molecule has 4 aromatic rings. The zero-order valence-electron chi connectivity index (χ0n) is 24.8. The predicted octanol–water partition coefficient (Wildman–Crippen LogP) is 9.07. The van der Waals surface area contributed by atoms with Crippen molar-refractivity contribution in [1.82, 2.24) is 9.97 Å². The molecule has 0 fully saturated rings. The number of fused-ring (bicyclic) bond motifs is 3. The summed E-state index contributed by atoms with van der Waals surface area (Å²) in [5.41, 5.74) is 5.38. The number of ketones is 1. The molecule has 1 aliphatic rings. The van der Waals surface area contributed by atoms with Crippen LogP contribution in [0.2, 0.25) is 0 Å². The van der Waals surface area contributed by atoms with Gasteiger partial charge < -0.3 is 5.11 Å². The van der Waals surface area contributed by atoms with Gasteiger partial charge in [-0.2, -0.15) is 0 Å². The third kappa shape index (κ3) is 6.06. The molecule has 5 heteroatoms. The van der Waals surface area contributed by atoms with Crippen LogP contribution in [-0.4, -0.2) is 20.9 Å². The van der Waals surface area contributed by atoms with E-state index < -0.39 is 0 Å². The quantitative estimate of drug-likeness (QED) is 0.118. The molecule has 4 nitrogen and oxygen atoms in total. The molecule has 2 aromatic carbocycles. The molecule has 0 unspecified atom stereocenters. The van der Waals surface area contributed by atoms with Crippen LogP contribution >= 0.6 is 0 Å². The Morgan fingerprint density at radius 3 is 2.27 bits per heavy atom. The summed E-state index contributed by atoms with van der Waals surface area (Å²) >= 11 is 0. The Balaban J connectivity index is 0.000000243. The summed E-state index contributed by atoms with van der Waals surface area (Å²) in [5.74, 6) is 0.547. The number of benzene rings is 2. The van der Waals surface area contributed by atoms with Gasteiger partial charge in [-0.3, -0.25) is 14.8 Å². The molecule has 0 amide bonds. The maximum Gasteiger partial charge on any atom is 0.162 e. The Morgan fingerprint density at radius 2 is 1.62 bits per heavy atom. The van der Waals surface area contributed by atoms with Gasteiger partial charge >= 0.3 is 0 Å². The van der Waals surface area contributed by atoms with Crippen molar-refractivity contribution in [3.8, 4) is 11.3 Å². The Morgan fingerprint density at radius 1 is 0.975 bits per heavy atom. The summed E-state index contributed by atoms with van der Waals surface area (Å²) in [6, 6.07) is 18.5. The molecule has 1 N–H and O–H groups in total. The third-order valence-corrected chi connectivity index (χ3v) is 8.25. The average molecular weight is 714 g/mol. The minimum Gasteiger partial charge on any atom is -0.512 e. The summed E-state index contributed by atoms with van der Waals surface area (Å²) in [6.07, 6.45) is 6.80. The third-order valence-electron chi connectivity index (χ3n) is 8.25. The Labute approximate surface area is 252 Å². The fraction of sp³-hybridized carbons (Fsp3) is 0.400. The van der Waals surface area contributed by atoms with E-state index in [-0.39, 0.29) is 48.9 Å². The Kier molecular flexibility index (Phi) is 10.4. The van der Waals surface area contributed by atoms with E-state index in [1.54, 1.807) is 0 Å². The van der Waals surface area contributed by atoms with E-state index in [2.05, 4.69) is 69.3 Å². The molecule has 0 saturated heterocycles. The monoisotopic (exact) mass is 714 g/mol. The van der Waals surface area contributed by atoms with Crippen molar-refractivity contribution in [3.63, 3.8) is 0 Å². The van der Waals surface area contributed by atoms with Crippen LogP contribution in [0.5, 0.6) is 0 Å². The molecular weight excluding hydrogens is 673 g/mol. The topological polar surface area (TPSA) is 63.1 Å². The van der Waals surface area contributed by atoms with E-state index in [9.17, 15) is 9.90 Å². The fourth-order valence-corrected chi connectivity index (χ4v) is 5.73. The number of hydrogen-bond acceptors (Lipinski definition) is 4. The van der Waals surface area contributed by atoms with Crippen LogP contribution in [0.15, 0.2) is 60.5 Å². The van der Waals surface area contributed by atoms with E-state index in [0.717, 1.165) is 53.7 Å². The smallest absolute Gasteiger partial charge is 0.162 e. The van der Waals surface area contributed by atoms with Crippen molar-refractivity contribution in [3.05, 3.63) is 83.5 Å². The number of pyridine rings is 2. The number of aliphatic hydroxyl groups is 1. The standard InChI is InChI=1S/C22H17N2.C13H24O2.Ir/c1-13-10-16-8-9-23-20-17-11-14-6-4-5-7-15(14)12-18(17)22(2,3)21(24-13)19(16)20;1-5-10(6-2)12(14)9-13(15)11(7-3)8-4;/h4-10,12H,1-3H3;9-11,14H,5-8H2,1-4H3;/q-1;;/b;12-9-;. The summed E-state index contributed by atoms with van der Waals surface area (Å²) < 4.78 is 0. The Bertz CT molecular complexity index is 1530. The van der Waals surface area contributed by atoms with E-state index in [0.29, 0.717) is 0 Å². The largest absolute Gasteiger partial charge is 0.512 e. The first kappa shape index (κ1) is 31.6. The fourth-order valence-electron chi connectivity index (χ4n) is 5.73. The van der Waals surface area contributed by atoms with Gasteiger partial charge in [0.2, 0.25) is 0 Å². The molecule has 0 aliphatic heterocycles. The molecule has 2 aromatic heterocycles. The molecular formula is C35H41IrN2O2-. The average Bonchev–Trinajstić information content (AvgIpc) is 2.92. The van der Waals surface area contributed by atoms with Crippen molar-refractivity contribution in [2.45, 2.75) is 79.6 Å². The van der Waals surface area contributed by atoms with Gasteiger partial charge in [0.1, 0.15) is 0 Å². The molecule has 0 bridgehead atoms. The van der Waals surface area contributed by atoms with Crippen LogP contribution in [0.3, 0.4) is 0 Å². The number of allylic oxidation sites excluding steroid dienone is 2. The predicted molar refractivity (Wildman–Crippen MR) is 162 cm³/mol. The number of aryl methyl sites for hydroxylation is 1. The molecule has 5 rings (SSSR count). The molecule has 0 saturated carbocycles. The maximum atomic E-state index is 11.7. The summed E-state index contributed by atoms with van der Waals surface area (Å²) in [6.45, 7) is 14.6. The molecule has 0 spiro atoms. The summed E-state index contributed by atoms with van der Waals surface area (Å²) in [5, 5.41) is 14.5. The van der Waals surface area contributed by atoms with Gasteiger partial charge in [-0.1, -0.05) is 76.3 Å². The summed E-state index contributed by atoms with van der Waals surface area (Å²) in [7, 11) is 0. The molecule has 40 heavy (non-hydrogen) atoms. The second-order valence-electron chi connectivity index (χ2n) is 11.1. The van der Waals surface area contributed by atoms with Gasteiger partial charge in [0, 0.05) is 66.7 Å². The van der Waals surface area contributed by atoms with Gasteiger partial charge in [0.15, 0.2) is 5.78 Å². The van der Waals surface area contributed by atoms with Crippen molar-refractivity contribution >= 4 is 27.3 Å². The summed E-state index contributed by atoms with van der Waals surface area (Å²) in [4.78, 5) is 21.3. The van der Waals surface area contributed by atoms with Crippen molar-refractivity contribution < 1.29 is 30.0 Å². The number of rotatable bonds is 7. The maximum absolute atomic E-state index is 11.7. The Hall–Kier alpha value is -2.88. The number of aliphatic hydroxyl groups excluding tert-OH is 1. The number of carbonyl (C=O) groups is 1. The first-order valence-corrected chi connectivity index (χ1v) is 14.3. The molecule has 0 atom stereocenters. The van der Waals surface area contributed by atoms with Gasteiger partial charge in [-0.15, -0.1) is 23.6 Å². The van der Waals surface area contributed by atoms with Gasteiger partial charge in [-0.05, 0) is 55.5 Å². The van der Waals surface area contributed by atoms with Gasteiger partial charge in [0.25, 0.3) is 0 Å². The van der Waals surface area contributed by atoms with E-state index >= 15 is 0 Å². The zero-order valence-corrected chi connectivity index (χ0v) is 27.2. The van der Waals surface area contributed by atoms with Crippen LogP contribution in [-0.2, 0) is 30.3 Å². The first-order chi connectivity index (χ1) is 18.7. The number of hydrogen-bond donors (Lipinski definition) is 1. The van der Waals surface area contributed by atoms with Crippen molar-refractivity contribution in [1.29, 1.82) is 0 Å².